The fourth-order valence-corrected chi connectivity index (χ4v) is 5.08. The Morgan fingerprint density at radius 3 is 2.10 bits per heavy atom. The van der Waals surface area contributed by atoms with Crippen molar-refractivity contribution in [3.05, 3.63) is 58.6 Å². The zero-order valence-electron chi connectivity index (χ0n) is 23.8. The van der Waals surface area contributed by atoms with E-state index in [0.717, 1.165) is 11.1 Å². The summed E-state index contributed by atoms with van der Waals surface area (Å²) in [4.78, 5) is 26.4. The van der Waals surface area contributed by atoms with E-state index in [0.29, 0.717) is 18.0 Å². The molecule has 0 saturated heterocycles. The topological polar surface area (TPSA) is 103 Å². The van der Waals surface area contributed by atoms with Crippen molar-refractivity contribution in [1.82, 2.24) is 5.32 Å². The molecule has 39 heavy (non-hydrogen) atoms. The number of benzene rings is 2. The average Bonchev–Trinajstić information content (AvgIpc) is 3.23. The molecule has 2 aromatic rings. The Bertz CT molecular complexity index is 1150. The smallest absolute Gasteiger partial charge is 0.453 e. The number of halogens is 1. The van der Waals surface area contributed by atoms with Crippen molar-refractivity contribution in [2.45, 2.75) is 70.6 Å². The number of aliphatic hydroxyl groups excluding tert-OH is 1. The summed E-state index contributed by atoms with van der Waals surface area (Å²) in [5.41, 5.74) is 1.64. The van der Waals surface area contributed by atoms with Gasteiger partial charge in [-0.3, -0.25) is 0 Å². The average molecular weight is 594 g/mol. The van der Waals surface area contributed by atoms with Gasteiger partial charge in [-0.05, 0) is 48.7 Å². The summed E-state index contributed by atoms with van der Waals surface area (Å²) >= 11 is 6.03. The number of rotatable bonds is 12. The second kappa shape index (κ2) is 12.4. The van der Waals surface area contributed by atoms with Crippen LogP contribution in [-0.2, 0) is 25.5 Å². The van der Waals surface area contributed by atoms with E-state index < -0.39 is 40.0 Å². The highest BCUT2D eigenvalue weighted by atomic mass is 35.5. The zero-order chi connectivity index (χ0) is 29.0. The van der Waals surface area contributed by atoms with Crippen LogP contribution in [0.3, 0.4) is 0 Å². The van der Waals surface area contributed by atoms with Crippen LogP contribution in [0.15, 0.2) is 42.5 Å². The lowest BCUT2D eigenvalue weighted by atomic mass is 10.1. The van der Waals surface area contributed by atoms with Crippen molar-refractivity contribution < 1.29 is 33.6 Å². The fraction of sp³-hybridized carbons (Fsp3) is 0.500. The second-order valence-electron chi connectivity index (χ2n) is 12.5. The van der Waals surface area contributed by atoms with E-state index in [1.165, 1.54) is 0 Å². The highest BCUT2D eigenvalue weighted by molar-refractivity contribution is 6.76. The number of hydrogen-bond acceptors (Lipinski definition) is 8. The lowest BCUT2D eigenvalue weighted by molar-refractivity contribution is -0.200. The number of carbonyl (C=O) groups excluding carboxylic acids is 2. The molecule has 0 spiro atoms. The van der Waals surface area contributed by atoms with Crippen LogP contribution in [0.4, 0.5) is 0 Å². The molecule has 2 aromatic carbocycles. The van der Waals surface area contributed by atoms with Gasteiger partial charge in [0.25, 0.3) is 0 Å². The molecule has 3 rings (SSSR count). The summed E-state index contributed by atoms with van der Waals surface area (Å²) in [5.74, 6) is -3.61. The van der Waals surface area contributed by atoms with Crippen LogP contribution in [0.1, 0.15) is 24.2 Å². The van der Waals surface area contributed by atoms with Gasteiger partial charge in [-0.15, -0.1) is 0 Å². The molecule has 0 amide bonds. The summed E-state index contributed by atoms with van der Waals surface area (Å²) in [6.45, 7) is 14.7. The molecule has 1 aliphatic rings. The van der Waals surface area contributed by atoms with Crippen LogP contribution in [0, 0.1) is 0 Å². The van der Waals surface area contributed by atoms with Crippen LogP contribution >= 0.6 is 11.6 Å². The normalized spacial score (nSPS) is 15.9. The van der Waals surface area contributed by atoms with Crippen LogP contribution in [0.25, 0.3) is 0 Å². The summed E-state index contributed by atoms with van der Waals surface area (Å²) in [7, 11) is -3.53. The van der Waals surface area contributed by atoms with Crippen LogP contribution < -0.4 is 14.8 Å². The molecule has 214 valence electrons. The Balaban J connectivity index is 1.70. The summed E-state index contributed by atoms with van der Waals surface area (Å²) < 4.78 is 22.8. The lowest BCUT2D eigenvalue weighted by Crippen LogP contribution is -2.57. The molecule has 1 heterocycles. The van der Waals surface area contributed by atoms with Gasteiger partial charge in [0, 0.05) is 17.6 Å². The molecule has 0 bridgehead atoms. The molecule has 0 unspecified atom stereocenters. The van der Waals surface area contributed by atoms with Gasteiger partial charge in [-0.1, -0.05) is 69.1 Å². The SMILES string of the molecule is C[C@H](Cc1ccc2c(c1)OC(C(=O)OC[Si](C)(C)C)(C(=O)OC[Si](C)(C)C)O2)NC[C@H](O)c1cccc(Cl)c1. The maximum Gasteiger partial charge on any atom is 0.453 e. The van der Waals surface area contributed by atoms with Crippen LogP contribution in [-0.4, -0.2) is 64.0 Å². The quantitative estimate of drug-likeness (QED) is 0.203. The van der Waals surface area contributed by atoms with Gasteiger partial charge in [0.15, 0.2) is 11.5 Å². The van der Waals surface area contributed by atoms with Gasteiger partial charge in [-0.2, -0.15) is 0 Å². The maximum absolute atomic E-state index is 13.2. The molecule has 8 nitrogen and oxygen atoms in total. The minimum absolute atomic E-state index is 0.00684. The van der Waals surface area contributed by atoms with Crippen LogP contribution in [0.2, 0.25) is 44.3 Å². The van der Waals surface area contributed by atoms with Gasteiger partial charge in [0.1, 0.15) is 0 Å². The molecule has 0 radical (unpaired) electrons. The Morgan fingerprint density at radius 1 is 0.949 bits per heavy atom. The number of aliphatic hydroxyl groups is 1. The third-order valence-electron chi connectivity index (χ3n) is 5.76. The molecular weight excluding hydrogens is 554 g/mol. The minimum atomic E-state index is -2.33. The molecule has 1 aliphatic heterocycles. The third-order valence-corrected chi connectivity index (χ3v) is 8.02. The molecule has 2 N–H and O–H groups in total. The van der Waals surface area contributed by atoms with E-state index in [1.54, 1.807) is 30.3 Å². The number of nitrogens with one attached hydrogen (secondary N) is 1. The largest absolute Gasteiger partial charge is 0.463 e. The highest BCUT2D eigenvalue weighted by Gasteiger charge is 2.60. The summed E-state index contributed by atoms with van der Waals surface area (Å²) in [5, 5.41) is 14.4. The number of ether oxygens (including phenoxy) is 4. The molecule has 11 heteroatoms. The monoisotopic (exact) mass is 593 g/mol. The van der Waals surface area contributed by atoms with Crippen molar-refractivity contribution in [2.75, 3.05) is 19.0 Å². The van der Waals surface area contributed by atoms with Gasteiger partial charge < -0.3 is 29.4 Å². The minimum Gasteiger partial charge on any atom is -0.463 e. The van der Waals surface area contributed by atoms with Gasteiger partial charge in [0.05, 0.1) is 34.7 Å². The number of esters is 2. The summed E-state index contributed by atoms with van der Waals surface area (Å²) in [6.07, 6.45) is 0.334. The molecular formula is C28H40ClNO7Si2. The van der Waals surface area contributed by atoms with Gasteiger partial charge in [0.2, 0.25) is 0 Å². The lowest BCUT2D eigenvalue weighted by Gasteiger charge is -2.26. The Kier molecular flexibility index (Phi) is 9.93. The Hall–Kier alpha value is -2.38. The predicted molar refractivity (Wildman–Crippen MR) is 157 cm³/mol. The van der Waals surface area contributed by atoms with E-state index in [-0.39, 0.29) is 30.0 Å². The third kappa shape index (κ3) is 8.81. The standard InChI is InChI=1S/C28H40ClNO7Si2/c1-19(30-16-23(31)21-9-8-10-22(29)15-21)13-20-11-12-24-25(14-20)37-28(36-24,26(32)34-17-38(2,3)4)27(33)35-18-39(5,6)7/h8-12,14-15,19,23,30-31H,13,16-18H2,1-7H3/t19-,23+/m1/s1. The number of hydrogen-bond donors (Lipinski definition) is 2. The van der Waals surface area contributed by atoms with E-state index in [9.17, 15) is 14.7 Å². The molecule has 0 aromatic heterocycles. The second-order valence-corrected chi connectivity index (χ2v) is 23.7. The Labute approximate surface area is 238 Å². The van der Waals surface area contributed by atoms with Gasteiger partial charge in [-0.25, -0.2) is 9.59 Å². The fourth-order valence-electron chi connectivity index (χ4n) is 3.75. The van der Waals surface area contributed by atoms with Crippen molar-refractivity contribution in [2.24, 2.45) is 0 Å². The van der Waals surface area contributed by atoms with Crippen molar-refractivity contribution in [3.8, 4) is 11.5 Å². The van der Waals surface area contributed by atoms with E-state index >= 15 is 0 Å². The predicted octanol–water partition coefficient (Wildman–Crippen LogP) is 4.90. The summed E-state index contributed by atoms with van der Waals surface area (Å²) in [6, 6.07) is 12.4. The van der Waals surface area contributed by atoms with E-state index in [2.05, 4.69) is 44.6 Å². The van der Waals surface area contributed by atoms with Crippen molar-refractivity contribution in [1.29, 1.82) is 0 Å². The molecule has 0 aliphatic carbocycles. The van der Waals surface area contributed by atoms with E-state index in [1.807, 2.05) is 19.1 Å². The molecule has 0 fully saturated rings. The van der Waals surface area contributed by atoms with Gasteiger partial charge >= 0.3 is 17.7 Å². The van der Waals surface area contributed by atoms with E-state index in [4.69, 9.17) is 30.5 Å². The first-order chi connectivity index (χ1) is 18.1. The first-order valence-electron chi connectivity index (χ1n) is 13.1. The van der Waals surface area contributed by atoms with Crippen molar-refractivity contribution in [3.63, 3.8) is 0 Å². The zero-order valence-corrected chi connectivity index (χ0v) is 26.6. The Morgan fingerprint density at radius 2 is 1.54 bits per heavy atom. The molecule has 0 saturated carbocycles. The first-order valence-corrected chi connectivity index (χ1v) is 20.9. The maximum atomic E-state index is 13.2. The van der Waals surface area contributed by atoms with Crippen LogP contribution in [0.5, 0.6) is 11.5 Å². The van der Waals surface area contributed by atoms with Crippen molar-refractivity contribution >= 4 is 39.7 Å². The first kappa shape index (κ1) is 31.2. The molecule has 2 atom stereocenters. The number of fused-ring (bicyclic) bond motifs is 1. The number of carbonyl (C=O) groups is 2. The highest BCUT2D eigenvalue weighted by Crippen LogP contribution is 2.41.